The number of aryl methyl sites for hydroxylation is 2. The summed E-state index contributed by atoms with van der Waals surface area (Å²) in [6.07, 6.45) is 1.70. The Bertz CT molecular complexity index is 507. The monoisotopic (exact) mass is 268 g/mol. The first kappa shape index (κ1) is 13.0. The molecular formula is C12H16N2O3S. The number of hydrogen-bond acceptors (Lipinski definition) is 4. The zero-order chi connectivity index (χ0) is 13.5. The standard InChI is InChI=1S/C12H16N2O3S/c1-6-9(18-7(2)13-6)10(15)14-12(3,11(16)17)8-4-5-8/h8H,4-5H2,1-3H3,(H,14,15)(H,16,17). The molecule has 1 atom stereocenters. The predicted molar refractivity (Wildman–Crippen MR) is 67.8 cm³/mol. The third-order valence-corrected chi connectivity index (χ3v) is 4.39. The van der Waals surface area contributed by atoms with Crippen LogP contribution in [0, 0.1) is 19.8 Å². The van der Waals surface area contributed by atoms with E-state index in [9.17, 15) is 14.7 Å². The summed E-state index contributed by atoms with van der Waals surface area (Å²) in [7, 11) is 0. The maximum Gasteiger partial charge on any atom is 0.329 e. The van der Waals surface area contributed by atoms with Gasteiger partial charge in [-0.1, -0.05) is 0 Å². The SMILES string of the molecule is Cc1nc(C)c(C(=O)NC(C)(C(=O)O)C2CC2)s1. The highest BCUT2D eigenvalue weighted by atomic mass is 32.1. The highest BCUT2D eigenvalue weighted by Crippen LogP contribution is 2.40. The number of aliphatic carboxylic acids is 1. The molecule has 1 aliphatic rings. The Hall–Kier alpha value is -1.43. The van der Waals surface area contributed by atoms with Gasteiger partial charge in [0.1, 0.15) is 10.4 Å². The van der Waals surface area contributed by atoms with E-state index in [1.807, 2.05) is 6.92 Å². The lowest BCUT2D eigenvalue weighted by atomic mass is 9.96. The maximum absolute atomic E-state index is 12.1. The molecule has 0 aliphatic heterocycles. The Kier molecular flexibility index (Phi) is 3.14. The van der Waals surface area contributed by atoms with Gasteiger partial charge in [0.2, 0.25) is 0 Å². The second-order valence-electron chi connectivity index (χ2n) is 4.88. The van der Waals surface area contributed by atoms with Crippen LogP contribution in [0.25, 0.3) is 0 Å². The van der Waals surface area contributed by atoms with Crippen LogP contribution in [-0.4, -0.2) is 27.5 Å². The molecule has 1 unspecified atom stereocenters. The van der Waals surface area contributed by atoms with E-state index in [-0.39, 0.29) is 11.8 Å². The summed E-state index contributed by atoms with van der Waals surface area (Å²) in [6.45, 7) is 5.16. The summed E-state index contributed by atoms with van der Waals surface area (Å²) in [5.41, 5.74) is -0.514. The smallest absolute Gasteiger partial charge is 0.329 e. The largest absolute Gasteiger partial charge is 0.480 e. The van der Waals surface area contributed by atoms with E-state index in [1.165, 1.54) is 11.3 Å². The number of aromatic nitrogens is 1. The Balaban J connectivity index is 2.20. The third kappa shape index (κ3) is 2.25. The van der Waals surface area contributed by atoms with Gasteiger partial charge in [-0.3, -0.25) is 4.79 Å². The van der Waals surface area contributed by atoms with Crippen molar-refractivity contribution >= 4 is 23.2 Å². The molecule has 1 fully saturated rings. The van der Waals surface area contributed by atoms with Crippen LogP contribution in [0.3, 0.4) is 0 Å². The molecular weight excluding hydrogens is 252 g/mol. The number of carbonyl (C=O) groups is 2. The molecule has 0 spiro atoms. The summed E-state index contributed by atoms with van der Waals surface area (Å²) in [5, 5.41) is 12.8. The van der Waals surface area contributed by atoms with E-state index in [1.54, 1.807) is 13.8 Å². The molecule has 1 aromatic rings. The lowest BCUT2D eigenvalue weighted by Gasteiger charge is -2.25. The van der Waals surface area contributed by atoms with Crippen LogP contribution in [-0.2, 0) is 4.79 Å². The van der Waals surface area contributed by atoms with Crippen molar-refractivity contribution in [1.29, 1.82) is 0 Å². The van der Waals surface area contributed by atoms with Crippen molar-refractivity contribution in [2.45, 2.75) is 39.2 Å². The van der Waals surface area contributed by atoms with E-state index in [0.29, 0.717) is 10.6 Å². The molecule has 18 heavy (non-hydrogen) atoms. The van der Waals surface area contributed by atoms with Gasteiger partial charge >= 0.3 is 5.97 Å². The van der Waals surface area contributed by atoms with E-state index < -0.39 is 11.5 Å². The van der Waals surface area contributed by atoms with Gasteiger partial charge in [0, 0.05) is 0 Å². The van der Waals surface area contributed by atoms with Crippen molar-refractivity contribution in [2.75, 3.05) is 0 Å². The lowest BCUT2D eigenvalue weighted by molar-refractivity contribution is -0.144. The molecule has 1 heterocycles. The topological polar surface area (TPSA) is 79.3 Å². The Morgan fingerprint density at radius 3 is 2.44 bits per heavy atom. The fraction of sp³-hybridized carbons (Fsp3) is 0.583. The molecule has 0 bridgehead atoms. The minimum atomic E-state index is -1.17. The zero-order valence-corrected chi connectivity index (χ0v) is 11.4. The van der Waals surface area contributed by atoms with E-state index in [0.717, 1.165) is 17.8 Å². The van der Waals surface area contributed by atoms with Crippen molar-refractivity contribution in [3.63, 3.8) is 0 Å². The molecule has 98 valence electrons. The second kappa shape index (κ2) is 4.35. The Morgan fingerprint density at radius 1 is 1.44 bits per heavy atom. The first-order valence-electron chi connectivity index (χ1n) is 5.84. The fourth-order valence-electron chi connectivity index (χ4n) is 2.03. The number of carboxylic acid groups (broad SMARTS) is 1. The lowest BCUT2D eigenvalue weighted by Crippen LogP contribution is -2.54. The average Bonchev–Trinajstić information content (AvgIpc) is 3.04. The van der Waals surface area contributed by atoms with Crippen molar-refractivity contribution in [2.24, 2.45) is 5.92 Å². The van der Waals surface area contributed by atoms with Gasteiger partial charge in [0.05, 0.1) is 10.7 Å². The number of nitrogens with zero attached hydrogens (tertiary/aromatic N) is 1. The molecule has 2 rings (SSSR count). The van der Waals surface area contributed by atoms with Gasteiger partial charge in [-0.15, -0.1) is 11.3 Å². The van der Waals surface area contributed by atoms with Crippen LogP contribution in [0.5, 0.6) is 0 Å². The van der Waals surface area contributed by atoms with Crippen molar-refractivity contribution < 1.29 is 14.7 Å². The third-order valence-electron chi connectivity index (χ3n) is 3.32. The molecule has 1 aromatic heterocycles. The number of rotatable bonds is 4. The second-order valence-corrected chi connectivity index (χ2v) is 6.09. The number of nitrogens with one attached hydrogen (secondary N) is 1. The number of thiazole rings is 1. The van der Waals surface area contributed by atoms with Gasteiger partial charge in [0.25, 0.3) is 5.91 Å². The van der Waals surface area contributed by atoms with E-state index in [2.05, 4.69) is 10.3 Å². The van der Waals surface area contributed by atoms with Crippen LogP contribution in [0.15, 0.2) is 0 Å². The summed E-state index contributed by atoms with van der Waals surface area (Å²) >= 11 is 1.29. The van der Waals surface area contributed by atoms with Crippen molar-refractivity contribution in [1.82, 2.24) is 10.3 Å². The number of amides is 1. The summed E-state index contributed by atoms with van der Waals surface area (Å²) in [5.74, 6) is -1.28. The van der Waals surface area contributed by atoms with Crippen LogP contribution < -0.4 is 5.32 Å². The number of carbonyl (C=O) groups excluding carboxylic acids is 1. The van der Waals surface area contributed by atoms with Gasteiger partial charge in [-0.05, 0) is 39.5 Å². The molecule has 1 saturated carbocycles. The van der Waals surface area contributed by atoms with Gasteiger partial charge in [-0.25, -0.2) is 9.78 Å². The number of hydrogen-bond donors (Lipinski definition) is 2. The molecule has 0 radical (unpaired) electrons. The highest BCUT2D eigenvalue weighted by molar-refractivity contribution is 7.13. The van der Waals surface area contributed by atoms with Gasteiger partial charge in [0.15, 0.2) is 0 Å². The van der Waals surface area contributed by atoms with Crippen molar-refractivity contribution in [3.05, 3.63) is 15.6 Å². The summed E-state index contributed by atoms with van der Waals surface area (Å²) < 4.78 is 0. The molecule has 2 N–H and O–H groups in total. The first-order valence-corrected chi connectivity index (χ1v) is 6.66. The van der Waals surface area contributed by atoms with Crippen LogP contribution in [0.4, 0.5) is 0 Å². The number of carboxylic acids is 1. The fourth-order valence-corrected chi connectivity index (χ4v) is 2.84. The summed E-state index contributed by atoms with van der Waals surface area (Å²) in [4.78, 5) is 28.1. The molecule has 0 saturated heterocycles. The van der Waals surface area contributed by atoms with Gasteiger partial charge in [-0.2, -0.15) is 0 Å². The first-order chi connectivity index (χ1) is 8.34. The molecule has 1 aliphatic carbocycles. The normalized spacial score (nSPS) is 18.2. The van der Waals surface area contributed by atoms with Crippen LogP contribution in [0.1, 0.15) is 40.1 Å². The minimum absolute atomic E-state index is 0.0354. The van der Waals surface area contributed by atoms with Crippen LogP contribution in [0.2, 0.25) is 0 Å². The minimum Gasteiger partial charge on any atom is -0.480 e. The molecule has 1 amide bonds. The average molecular weight is 268 g/mol. The molecule has 0 aromatic carbocycles. The maximum atomic E-state index is 12.1. The van der Waals surface area contributed by atoms with E-state index in [4.69, 9.17) is 0 Å². The van der Waals surface area contributed by atoms with E-state index >= 15 is 0 Å². The van der Waals surface area contributed by atoms with Crippen molar-refractivity contribution in [3.8, 4) is 0 Å². The Morgan fingerprint density at radius 2 is 2.06 bits per heavy atom. The summed E-state index contributed by atoms with van der Waals surface area (Å²) in [6, 6.07) is 0. The zero-order valence-electron chi connectivity index (χ0n) is 10.6. The van der Waals surface area contributed by atoms with Crippen LogP contribution >= 0.6 is 11.3 Å². The van der Waals surface area contributed by atoms with Gasteiger partial charge < -0.3 is 10.4 Å². The highest BCUT2D eigenvalue weighted by Gasteiger charge is 2.48. The molecule has 6 heteroatoms. The predicted octanol–water partition coefficient (Wildman–Crippen LogP) is 1.74. The Labute approximate surface area is 109 Å². The molecule has 5 nitrogen and oxygen atoms in total. The quantitative estimate of drug-likeness (QED) is 0.871.